The van der Waals surface area contributed by atoms with Crippen LogP contribution in [-0.4, -0.2) is 38.5 Å². The number of rotatable bonds is 8. The summed E-state index contributed by atoms with van der Waals surface area (Å²) in [5, 5.41) is 20.5. The standard InChI is InChI=1S/C26H26F3N7O2/c1-16(2)21-5-3-4-6-22(21)33-24(30)34-25(37)32-18-9-7-17(8-10-18)23-31-15-36(35-23)19-11-13-20(14-12-19)38-26(27,28)29/h3-16,25,32,37H,1-2H3,(H3,30,33,34). The van der Waals surface area contributed by atoms with Gasteiger partial charge in [0, 0.05) is 16.9 Å². The van der Waals surface area contributed by atoms with Gasteiger partial charge in [-0.1, -0.05) is 32.0 Å². The number of nitrogens with one attached hydrogen (secondary N) is 2. The van der Waals surface area contributed by atoms with E-state index in [-0.39, 0.29) is 17.6 Å². The highest BCUT2D eigenvalue weighted by Crippen LogP contribution is 2.25. The fourth-order valence-corrected chi connectivity index (χ4v) is 3.63. The van der Waals surface area contributed by atoms with Crippen LogP contribution in [0.1, 0.15) is 25.3 Å². The predicted molar refractivity (Wildman–Crippen MR) is 139 cm³/mol. The molecule has 0 radical (unpaired) electrons. The fourth-order valence-electron chi connectivity index (χ4n) is 3.63. The molecule has 4 aromatic rings. The summed E-state index contributed by atoms with van der Waals surface area (Å²) in [6.45, 7) is 4.14. The molecule has 1 heterocycles. The van der Waals surface area contributed by atoms with Crippen molar-refractivity contribution in [1.82, 2.24) is 14.8 Å². The SMILES string of the molecule is CC(C)c1ccccc1N/C(N)=N/C(O)Nc1ccc(-c2ncn(-c3ccc(OC(F)(F)F)cc3)n2)cc1. The smallest absolute Gasteiger partial charge is 0.406 e. The van der Waals surface area contributed by atoms with E-state index >= 15 is 0 Å². The van der Waals surface area contributed by atoms with Gasteiger partial charge in [-0.05, 0) is 66.1 Å². The fraction of sp³-hybridized carbons (Fsp3) is 0.192. The van der Waals surface area contributed by atoms with Crippen molar-refractivity contribution in [1.29, 1.82) is 0 Å². The molecule has 9 nitrogen and oxygen atoms in total. The number of aliphatic imine (C=N–C) groups is 1. The second-order valence-electron chi connectivity index (χ2n) is 8.53. The van der Waals surface area contributed by atoms with E-state index < -0.39 is 12.7 Å². The van der Waals surface area contributed by atoms with E-state index in [4.69, 9.17) is 5.73 Å². The van der Waals surface area contributed by atoms with Crippen molar-refractivity contribution in [2.75, 3.05) is 10.6 Å². The molecule has 0 amide bonds. The lowest BCUT2D eigenvalue weighted by molar-refractivity contribution is -0.274. The average molecular weight is 526 g/mol. The largest absolute Gasteiger partial charge is 0.573 e. The number of nitrogens with two attached hydrogens (primary N) is 1. The van der Waals surface area contributed by atoms with E-state index in [0.29, 0.717) is 22.8 Å². The van der Waals surface area contributed by atoms with E-state index in [1.54, 1.807) is 24.3 Å². The van der Waals surface area contributed by atoms with Crippen molar-refractivity contribution < 1.29 is 23.0 Å². The third kappa shape index (κ3) is 7.01. The molecule has 0 aliphatic rings. The maximum Gasteiger partial charge on any atom is 0.573 e. The van der Waals surface area contributed by atoms with Crippen LogP contribution in [0, 0.1) is 0 Å². The zero-order valence-electron chi connectivity index (χ0n) is 20.5. The number of para-hydroxylation sites is 1. The predicted octanol–water partition coefficient (Wildman–Crippen LogP) is 5.07. The molecule has 1 unspecified atom stereocenters. The summed E-state index contributed by atoms with van der Waals surface area (Å²) >= 11 is 0. The van der Waals surface area contributed by atoms with Gasteiger partial charge >= 0.3 is 6.36 Å². The number of anilines is 2. The van der Waals surface area contributed by atoms with Gasteiger partial charge in [0.2, 0.25) is 6.35 Å². The minimum absolute atomic E-state index is 0.0578. The Morgan fingerprint density at radius 1 is 1.03 bits per heavy atom. The third-order valence-corrected chi connectivity index (χ3v) is 5.37. The first-order valence-corrected chi connectivity index (χ1v) is 11.6. The molecule has 3 aromatic carbocycles. The van der Waals surface area contributed by atoms with Crippen LogP contribution in [0.5, 0.6) is 5.75 Å². The first-order chi connectivity index (χ1) is 18.1. The van der Waals surface area contributed by atoms with E-state index in [9.17, 15) is 18.3 Å². The first-order valence-electron chi connectivity index (χ1n) is 11.6. The number of halogens is 3. The normalized spacial score (nSPS) is 12.9. The summed E-state index contributed by atoms with van der Waals surface area (Å²) in [7, 11) is 0. The molecular formula is C26H26F3N7O2. The maximum atomic E-state index is 12.3. The van der Waals surface area contributed by atoms with Crippen LogP contribution in [0.4, 0.5) is 24.5 Å². The number of nitrogens with zero attached hydrogens (tertiary/aromatic N) is 4. The van der Waals surface area contributed by atoms with Crippen molar-refractivity contribution in [2.45, 2.75) is 32.5 Å². The highest BCUT2D eigenvalue weighted by molar-refractivity contribution is 5.93. The molecule has 0 saturated heterocycles. The molecule has 0 bridgehead atoms. The molecule has 198 valence electrons. The van der Waals surface area contributed by atoms with Crippen molar-refractivity contribution in [3.63, 3.8) is 0 Å². The number of hydrogen-bond donors (Lipinski definition) is 4. The van der Waals surface area contributed by atoms with Crippen LogP contribution in [0.25, 0.3) is 17.1 Å². The lowest BCUT2D eigenvalue weighted by Crippen LogP contribution is -2.28. The summed E-state index contributed by atoms with van der Waals surface area (Å²) in [4.78, 5) is 8.30. The zero-order chi connectivity index (χ0) is 27.3. The molecule has 0 aliphatic carbocycles. The number of aliphatic hydroxyl groups excluding tert-OH is 1. The zero-order valence-corrected chi connectivity index (χ0v) is 20.5. The Labute approximate surface area is 216 Å². The van der Waals surface area contributed by atoms with Gasteiger partial charge < -0.3 is 26.2 Å². The van der Waals surface area contributed by atoms with Gasteiger partial charge in [0.05, 0.1) is 5.69 Å². The number of alkyl halides is 3. The van der Waals surface area contributed by atoms with Crippen LogP contribution >= 0.6 is 0 Å². The summed E-state index contributed by atoms with van der Waals surface area (Å²) in [6.07, 6.45) is -4.59. The van der Waals surface area contributed by atoms with E-state index in [0.717, 1.165) is 11.3 Å². The van der Waals surface area contributed by atoms with Gasteiger partial charge in [-0.25, -0.2) is 14.7 Å². The number of ether oxygens (including phenoxy) is 1. The van der Waals surface area contributed by atoms with Crippen LogP contribution in [0.15, 0.2) is 84.1 Å². The van der Waals surface area contributed by atoms with Crippen molar-refractivity contribution in [2.24, 2.45) is 10.7 Å². The minimum atomic E-state index is -4.76. The summed E-state index contributed by atoms with van der Waals surface area (Å²) in [5.74, 6) is 0.423. The second kappa shape index (κ2) is 11.2. The summed E-state index contributed by atoms with van der Waals surface area (Å²) in [5.41, 5.74) is 9.66. The molecule has 38 heavy (non-hydrogen) atoms. The molecule has 5 N–H and O–H groups in total. The van der Waals surface area contributed by atoms with Gasteiger partial charge in [0.1, 0.15) is 12.1 Å². The second-order valence-corrected chi connectivity index (χ2v) is 8.53. The molecule has 0 aliphatic heterocycles. The Balaban J connectivity index is 1.37. The molecule has 4 rings (SSSR count). The van der Waals surface area contributed by atoms with Crippen molar-refractivity contribution >= 4 is 17.3 Å². The first kappa shape index (κ1) is 26.5. The molecule has 0 saturated carbocycles. The van der Waals surface area contributed by atoms with E-state index in [2.05, 4.69) is 44.3 Å². The molecule has 0 spiro atoms. The monoisotopic (exact) mass is 525 g/mol. The number of aliphatic hydroxyl groups is 1. The van der Waals surface area contributed by atoms with Gasteiger partial charge in [0.15, 0.2) is 11.8 Å². The number of hydrogen-bond acceptors (Lipinski definition) is 6. The van der Waals surface area contributed by atoms with E-state index in [1.165, 1.54) is 35.3 Å². The quantitative estimate of drug-likeness (QED) is 0.144. The molecular weight excluding hydrogens is 499 g/mol. The third-order valence-electron chi connectivity index (χ3n) is 5.37. The molecule has 1 aromatic heterocycles. The van der Waals surface area contributed by atoms with Gasteiger partial charge in [0.25, 0.3) is 0 Å². The molecule has 12 heteroatoms. The van der Waals surface area contributed by atoms with Crippen LogP contribution < -0.4 is 21.1 Å². The Bertz CT molecular complexity index is 1390. The Morgan fingerprint density at radius 2 is 1.71 bits per heavy atom. The lowest BCUT2D eigenvalue weighted by atomic mass is 10.0. The van der Waals surface area contributed by atoms with Crippen LogP contribution in [0.3, 0.4) is 0 Å². The maximum absolute atomic E-state index is 12.3. The molecule has 0 fully saturated rings. The minimum Gasteiger partial charge on any atom is -0.406 e. The van der Waals surface area contributed by atoms with Crippen LogP contribution in [0.2, 0.25) is 0 Å². The van der Waals surface area contributed by atoms with E-state index in [1.807, 2.05) is 24.3 Å². The van der Waals surface area contributed by atoms with Gasteiger partial charge in [-0.2, -0.15) is 0 Å². The Kier molecular flexibility index (Phi) is 7.82. The number of guanidine groups is 1. The van der Waals surface area contributed by atoms with Crippen LogP contribution in [-0.2, 0) is 0 Å². The highest BCUT2D eigenvalue weighted by Gasteiger charge is 2.31. The topological polar surface area (TPSA) is 123 Å². The number of aromatic nitrogens is 3. The Morgan fingerprint density at radius 3 is 2.37 bits per heavy atom. The Hall–Kier alpha value is -4.58. The summed E-state index contributed by atoms with van der Waals surface area (Å²) in [6, 6.07) is 19.9. The van der Waals surface area contributed by atoms with Gasteiger partial charge in [-0.3, -0.25) is 0 Å². The van der Waals surface area contributed by atoms with Gasteiger partial charge in [-0.15, -0.1) is 18.3 Å². The average Bonchev–Trinajstić information content (AvgIpc) is 3.34. The van der Waals surface area contributed by atoms with Crippen molar-refractivity contribution in [3.05, 3.63) is 84.7 Å². The number of benzene rings is 3. The van der Waals surface area contributed by atoms with Crippen molar-refractivity contribution in [3.8, 4) is 22.8 Å². The summed E-state index contributed by atoms with van der Waals surface area (Å²) < 4.78 is 42.3. The molecule has 1 atom stereocenters. The lowest BCUT2D eigenvalue weighted by Gasteiger charge is -2.15. The highest BCUT2D eigenvalue weighted by atomic mass is 19.4.